The van der Waals surface area contributed by atoms with E-state index in [1.807, 2.05) is 0 Å². The summed E-state index contributed by atoms with van der Waals surface area (Å²) in [5.74, 6) is 0. The molecule has 0 fully saturated rings. The second kappa shape index (κ2) is 11.4. The maximum Gasteiger partial charge on any atom is 0.505 e. The van der Waals surface area contributed by atoms with Crippen LogP contribution in [-0.4, -0.2) is 28.6 Å². The van der Waals surface area contributed by atoms with Crippen LogP contribution >= 0.6 is 45.2 Å². The minimum absolute atomic E-state index is 0.695. The zero-order chi connectivity index (χ0) is 16.4. The Bertz CT molecular complexity index is 422. The van der Waals surface area contributed by atoms with Gasteiger partial charge in [-0.05, 0) is 88.2 Å². The summed E-state index contributed by atoms with van der Waals surface area (Å²) in [6.45, 7) is 8.44. The molecule has 0 aliphatic carbocycles. The van der Waals surface area contributed by atoms with E-state index in [0.29, 0.717) is 19.8 Å². The van der Waals surface area contributed by atoms with Crippen molar-refractivity contribution < 1.29 is 13.3 Å². The van der Waals surface area contributed by atoms with Gasteiger partial charge in [0.05, 0.1) is 0 Å². The van der Waals surface area contributed by atoms with Crippen molar-refractivity contribution >= 4 is 54.0 Å². The highest BCUT2D eigenvalue weighted by Gasteiger charge is 2.41. The second-order valence-corrected chi connectivity index (χ2v) is 10.1. The van der Waals surface area contributed by atoms with E-state index in [1.54, 1.807) is 0 Å². The van der Waals surface area contributed by atoms with E-state index >= 15 is 0 Å². The molecule has 0 saturated heterocycles. The third kappa shape index (κ3) is 7.12. The maximum atomic E-state index is 6.17. The number of hydrogen-bond donors (Lipinski definition) is 0. The van der Waals surface area contributed by atoms with Gasteiger partial charge in [0.15, 0.2) is 0 Å². The van der Waals surface area contributed by atoms with Gasteiger partial charge in [-0.15, -0.1) is 0 Å². The third-order valence-corrected chi connectivity index (χ3v) is 7.46. The van der Waals surface area contributed by atoms with Gasteiger partial charge in [0.1, 0.15) is 0 Å². The van der Waals surface area contributed by atoms with Crippen LogP contribution in [0.25, 0.3) is 0 Å². The van der Waals surface area contributed by atoms with E-state index in [4.69, 9.17) is 13.3 Å². The summed E-state index contributed by atoms with van der Waals surface area (Å²) in [5.41, 5.74) is 1.27. The molecular weight excluding hydrogens is 522 g/mol. The largest absolute Gasteiger partial charge is 0.505 e. The summed E-state index contributed by atoms with van der Waals surface area (Å²) >= 11 is 4.73. The molecule has 0 N–H and O–H groups in total. The average Bonchev–Trinajstić information content (AvgIpc) is 2.52. The molecule has 0 aromatic heterocycles. The molecule has 1 aromatic carbocycles. The molecule has 0 saturated carbocycles. The van der Waals surface area contributed by atoms with Gasteiger partial charge < -0.3 is 13.3 Å². The summed E-state index contributed by atoms with van der Waals surface area (Å²) in [6, 6.07) is 7.24. The van der Waals surface area contributed by atoms with Crippen LogP contribution in [0.3, 0.4) is 0 Å². The lowest BCUT2D eigenvalue weighted by Crippen LogP contribution is -2.49. The molecule has 22 heavy (non-hydrogen) atoms. The molecule has 0 spiro atoms. The van der Waals surface area contributed by atoms with Crippen molar-refractivity contribution in [3.05, 3.63) is 30.9 Å². The fourth-order valence-electron chi connectivity index (χ4n) is 1.96. The van der Waals surface area contributed by atoms with Crippen molar-refractivity contribution in [1.29, 1.82) is 0 Å². The van der Waals surface area contributed by atoms with E-state index in [0.717, 1.165) is 25.3 Å². The van der Waals surface area contributed by atoms with Gasteiger partial charge in [0.2, 0.25) is 0 Å². The lowest BCUT2D eigenvalue weighted by Gasteiger charge is -2.30. The van der Waals surface area contributed by atoms with E-state index in [9.17, 15) is 0 Å². The molecule has 0 amide bonds. The fraction of sp³-hybridized carbons (Fsp3) is 0.625. The maximum absolute atomic E-state index is 6.17. The Morgan fingerprint density at radius 2 is 1.36 bits per heavy atom. The van der Waals surface area contributed by atoms with Crippen molar-refractivity contribution in [2.45, 2.75) is 46.1 Å². The molecule has 0 unspecified atom stereocenters. The number of benzene rings is 1. The molecule has 6 heteroatoms. The standard InChI is InChI=1S/C16H26I2O3Si/c1-4-9-19-22(20-10-5-2,21-11-6-3)13-14-12-15(17)7-8-16(14)18/h7-8,12H,4-6,9-11,13H2,1-3H3. The molecule has 3 nitrogen and oxygen atoms in total. The molecular formula is C16H26I2O3Si. The molecule has 1 rings (SSSR count). The summed E-state index contributed by atoms with van der Waals surface area (Å²) in [6.07, 6.45) is 2.93. The summed E-state index contributed by atoms with van der Waals surface area (Å²) in [4.78, 5) is 0. The Labute approximate surface area is 163 Å². The summed E-state index contributed by atoms with van der Waals surface area (Å²) < 4.78 is 21.0. The van der Waals surface area contributed by atoms with Gasteiger partial charge >= 0.3 is 8.80 Å². The Balaban J connectivity index is 3.00. The van der Waals surface area contributed by atoms with Gasteiger partial charge in [-0.3, -0.25) is 0 Å². The van der Waals surface area contributed by atoms with Crippen LogP contribution < -0.4 is 0 Å². The third-order valence-electron chi connectivity index (χ3n) is 2.99. The molecule has 0 radical (unpaired) electrons. The Morgan fingerprint density at radius 3 is 1.82 bits per heavy atom. The van der Waals surface area contributed by atoms with Gasteiger partial charge in [-0.25, -0.2) is 0 Å². The van der Waals surface area contributed by atoms with Crippen LogP contribution in [0.2, 0.25) is 0 Å². The fourth-order valence-corrected chi connectivity index (χ4v) is 6.27. The smallest absolute Gasteiger partial charge is 0.373 e. The average molecular weight is 548 g/mol. The van der Waals surface area contributed by atoms with Crippen LogP contribution in [-0.2, 0) is 19.3 Å². The molecule has 126 valence electrons. The van der Waals surface area contributed by atoms with E-state index in [2.05, 4.69) is 84.2 Å². The minimum Gasteiger partial charge on any atom is -0.373 e. The van der Waals surface area contributed by atoms with Gasteiger partial charge in [-0.1, -0.05) is 20.8 Å². The van der Waals surface area contributed by atoms with Crippen molar-refractivity contribution in [3.63, 3.8) is 0 Å². The molecule has 0 aliphatic rings. The zero-order valence-corrected chi connectivity index (χ0v) is 19.0. The number of hydrogen-bond acceptors (Lipinski definition) is 3. The van der Waals surface area contributed by atoms with Crippen LogP contribution in [0.1, 0.15) is 45.6 Å². The van der Waals surface area contributed by atoms with Crippen LogP contribution in [0.15, 0.2) is 18.2 Å². The molecule has 0 heterocycles. The topological polar surface area (TPSA) is 27.7 Å². The SMILES string of the molecule is CCCO[Si](Cc1cc(I)ccc1I)(OCCC)OCCC. The highest BCUT2D eigenvalue weighted by atomic mass is 127. The first-order chi connectivity index (χ1) is 10.6. The highest BCUT2D eigenvalue weighted by molar-refractivity contribution is 14.1. The second-order valence-electron chi connectivity index (χ2n) is 5.14. The summed E-state index contributed by atoms with van der Waals surface area (Å²) in [7, 11) is -2.66. The Hall–Kier alpha value is 0.777. The van der Waals surface area contributed by atoms with E-state index in [1.165, 1.54) is 12.7 Å². The van der Waals surface area contributed by atoms with Crippen LogP contribution in [0, 0.1) is 7.14 Å². The van der Waals surface area contributed by atoms with Gasteiger partial charge in [0, 0.05) is 33.0 Å². The Kier molecular flexibility index (Phi) is 10.7. The quantitative estimate of drug-likeness (QED) is 0.282. The Morgan fingerprint density at radius 1 is 0.864 bits per heavy atom. The zero-order valence-electron chi connectivity index (χ0n) is 13.7. The lowest BCUT2D eigenvalue weighted by molar-refractivity contribution is 0.0583. The number of rotatable bonds is 11. The number of halogens is 2. The van der Waals surface area contributed by atoms with E-state index in [-0.39, 0.29) is 0 Å². The van der Waals surface area contributed by atoms with Crippen molar-refractivity contribution in [3.8, 4) is 0 Å². The summed E-state index contributed by atoms with van der Waals surface area (Å²) in [5, 5.41) is 0. The molecule has 0 bridgehead atoms. The molecule has 1 aromatic rings. The first-order valence-electron chi connectivity index (χ1n) is 7.92. The van der Waals surface area contributed by atoms with Crippen LogP contribution in [0.4, 0.5) is 0 Å². The predicted octanol–water partition coefficient (Wildman–Crippen LogP) is 5.20. The van der Waals surface area contributed by atoms with Gasteiger partial charge in [-0.2, -0.15) is 0 Å². The normalized spacial score (nSPS) is 11.9. The highest BCUT2D eigenvalue weighted by Crippen LogP contribution is 2.23. The first kappa shape index (κ1) is 20.8. The minimum atomic E-state index is -2.66. The first-order valence-corrected chi connectivity index (χ1v) is 12.0. The van der Waals surface area contributed by atoms with Crippen molar-refractivity contribution in [2.75, 3.05) is 19.8 Å². The van der Waals surface area contributed by atoms with Gasteiger partial charge in [0.25, 0.3) is 0 Å². The monoisotopic (exact) mass is 548 g/mol. The van der Waals surface area contributed by atoms with Crippen molar-refractivity contribution in [2.24, 2.45) is 0 Å². The van der Waals surface area contributed by atoms with E-state index < -0.39 is 8.80 Å². The predicted molar refractivity (Wildman–Crippen MR) is 110 cm³/mol. The molecule has 0 aliphatic heterocycles. The van der Waals surface area contributed by atoms with Crippen LogP contribution in [0.5, 0.6) is 0 Å². The lowest BCUT2D eigenvalue weighted by atomic mass is 10.2. The molecule has 0 atom stereocenters. The van der Waals surface area contributed by atoms with Crippen molar-refractivity contribution in [1.82, 2.24) is 0 Å².